The third kappa shape index (κ3) is 2.98. The van der Waals surface area contributed by atoms with Gasteiger partial charge < -0.3 is 29.4 Å². The van der Waals surface area contributed by atoms with Gasteiger partial charge in [-0.15, -0.1) is 0 Å². The van der Waals surface area contributed by atoms with Crippen molar-refractivity contribution in [2.45, 2.75) is 10.3 Å². The van der Waals surface area contributed by atoms with Gasteiger partial charge in [-0.3, -0.25) is 4.98 Å². The first-order valence-corrected chi connectivity index (χ1v) is 8.55. The minimum Gasteiger partial charge on any atom is -0.497 e. The largest absolute Gasteiger partial charge is 0.497 e. The first kappa shape index (κ1) is 18.1. The molecule has 0 aliphatic heterocycles. The zero-order valence-electron chi connectivity index (χ0n) is 14.2. The molecular weight excluding hydrogens is 362 g/mol. The van der Waals surface area contributed by atoms with Gasteiger partial charge in [-0.1, -0.05) is 0 Å². The van der Waals surface area contributed by atoms with Crippen LogP contribution >= 0.6 is 0 Å². The Bertz CT molecular complexity index is 972. The van der Waals surface area contributed by atoms with Crippen LogP contribution in [0.2, 0.25) is 0 Å². The van der Waals surface area contributed by atoms with Crippen LogP contribution in [0.4, 0.5) is 0 Å². The second-order valence-electron chi connectivity index (χ2n) is 5.20. The molecule has 0 spiro atoms. The lowest BCUT2D eigenvalue weighted by Crippen LogP contribution is -2.33. The van der Waals surface area contributed by atoms with Crippen LogP contribution in [0, 0.1) is 0 Å². The van der Waals surface area contributed by atoms with Gasteiger partial charge in [0.05, 0.1) is 32.4 Å². The standard InChI is InChI=1S/C16H17N3O6S/c1-23-9-4-5-10-11(8-9)19-15(18-10)26(22)16(20,21)14-13(25-3)12(24-2)6-7-17-14/h4-8,20-21H,1-3H3,(H,18,19). The number of ether oxygens (including phenoxy) is 3. The number of fused-ring (bicyclic) bond motifs is 1. The molecule has 0 amide bonds. The second kappa shape index (κ2) is 6.90. The molecule has 10 heteroatoms. The number of aromatic amines is 1. The molecule has 1 atom stereocenters. The number of benzene rings is 1. The number of aromatic nitrogens is 3. The summed E-state index contributed by atoms with van der Waals surface area (Å²) in [6.07, 6.45) is 1.29. The molecule has 3 N–H and O–H groups in total. The van der Waals surface area contributed by atoms with Crippen molar-refractivity contribution >= 4 is 21.8 Å². The van der Waals surface area contributed by atoms with Crippen molar-refractivity contribution in [3.63, 3.8) is 0 Å². The van der Waals surface area contributed by atoms with E-state index >= 15 is 0 Å². The summed E-state index contributed by atoms with van der Waals surface area (Å²) in [5.41, 5.74) is 0.681. The zero-order chi connectivity index (χ0) is 18.9. The van der Waals surface area contributed by atoms with E-state index in [2.05, 4.69) is 15.0 Å². The van der Waals surface area contributed by atoms with Crippen molar-refractivity contribution in [1.82, 2.24) is 15.0 Å². The number of imidazole rings is 1. The van der Waals surface area contributed by atoms with E-state index < -0.39 is 15.9 Å². The van der Waals surface area contributed by atoms with Crippen LogP contribution < -0.4 is 14.2 Å². The Balaban J connectivity index is 2.06. The number of H-pyrrole nitrogens is 1. The highest BCUT2D eigenvalue weighted by atomic mass is 32.2. The molecule has 3 aromatic rings. The molecule has 3 rings (SSSR count). The number of hydrogen-bond acceptors (Lipinski definition) is 8. The summed E-state index contributed by atoms with van der Waals surface area (Å²) < 4.78 is 28.2. The fourth-order valence-electron chi connectivity index (χ4n) is 2.42. The van der Waals surface area contributed by atoms with Crippen molar-refractivity contribution < 1.29 is 28.6 Å². The lowest BCUT2D eigenvalue weighted by Gasteiger charge is -2.21. The Kier molecular flexibility index (Phi) is 4.81. The van der Waals surface area contributed by atoms with Gasteiger partial charge in [-0.2, -0.15) is 0 Å². The maximum atomic E-state index is 12.8. The third-order valence-corrected chi connectivity index (χ3v) is 4.96. The Morgan fingerprint density at radius 1 is 1.12 bits per heavy atom. The molecule has 0 radical (unpaired) electrons. The Morgan fingerprint density at radius 3 is 2.54 bits per heavy atom. The van der Waals surface area contributed by atoms with Crippen LogP contribution in [0.1, 0.15) is 5.69 Å². The highest BCUT2D eigenvalue weighted by molar-refractivity contribution is 7.85. The van der Waals surface area contributed by atoms with E-state index in [1.807, 2.05) is 0 Å². The molecule has 0 aliphatic rings. The molecular formula is C16H17N3O6S. The molecule has 0 bridgehead atoms. The Labute approximate surface area is 151 Å². The van der Waals surface area contributed by atoms with E-state index in [0.29, 0.717) is 16.8 Å². The van der Waals surface area contributed by atoms with E-state index in [-0.39, 0.29) is 22.3 Å². The predicted octanol–water partition coefficient (Wildman–Crippen LogP) is 0.886. The normalized spacial score (nSPS) is 12.8. The number of rotatable bonds is 6. The van der Waals surface area contributed by atoms with Crippen molar-refractivity contribution in [1.29, 1.82) is 0 Å². The molecule has 0 fully saturated rings. The molecule has 1 aromatic carbocycles. The SMILES string of the molecule is COc1ccc2nc(S(=O)C(O)(O)c3nccc(OC)c3OC)[nH]c2c1. The molecule has 1 unspecified atom stereocenters. The molecule has 9 nitrogen and oxygen atoms in total. The lowest BCUT2D eigenvalue weighted by molar-refractivity contribution is -0.0916. The fourth-order valence-corrected chi connectivity index (χ4v) is 3.40. The van der Waals surface area contributed by atoms with E-state index in [0.717, 1.165) is 0 Å². The second-order valence-corrected chi connectivity index (χ2v) is 6.69. The number of hydrogen-bond donors (Lipinski definition) is 3. The number of aliphatic hydroxyl groups is 2. The lowest BCUT2D eigenvalue weighted by atomic mass is 10.3. The molecule has 0 saturated heterocycles. The van der Waals surface area contributed by atoms with Crippen LogP contribution in [0.15, 0.2) is 35.6 Å². The van der Waals surface area contributed by atoms with E-state index in [9.17, 15) is 14.4 Å². The summed E-state index contributed by atoms with van der Waals surface area (Å²) in [5.74, 6) is 0.760. The summed E-state index contributed by atoms with van der Waals surface area (Å²) in [7, 11) is 1.82. The number of nitrogens with zero attached hydrogens (tertiary/aromatic N) is 2. The van der Waals surface area contributed by atoms with Gasteiger partial charge in [0.2, 0.25) is 5.16 Å². The van der Waals surface area contributed by atoms with E-state index in [4.69, 9.17) is 14.2 Å². The minimum absolute atomic E-state index is 0.0360. The van der Waals surface area contributed by atoms with Gasteiger partial charge in [0.15, 0.2) is 28.0 Å². The maximum Gasteiger partial charge on any atom is 0.299 e. The molecule has 0 aliphatic carbocycles. The molecule has 2 aromatic heterocycles. The summed E-state index contributed by atoms with van der Waals surface area (Å²) in [6.45, 7) is 0. The number of pyridine rings is 1. The molecule has 2 heterocycles. The van der Waals surface area contributed by atoms with Gasteiger partial charge >= 0.3 is 0 Å². The summed E-state index contributed by atoms with van der Waals surface area (Å²) in [5, 5.41) is 18.1. The predicted molar refractivity (Wildman–Crippen MR) is 92.5 cm³/mol. The smallest absolute Gasteiger partial charge is 0.299 e. The van der Waals surface area contributed by atoms with Gasteiger partial charge in [-0.05, 0) is 12.1 Å². The molecule has 26 heavy (non-hydrogen) atoms. The Morgan fingerprint density at radius 2 is 1.88 bits per heavy atom. The van der Waals surface area contributed by atoms with Crippen LogP contribution in [0.3, 0.4) is 0 Å². The van der Waals surface area contributed by atoms with Crippen molar-refractivity contribution in [3.05, 3.63) is 36.2 Å². The minimum atomic E-state index is -2.86. The van der Waals surface area contributed by atoms with Crippen LogP contribution in [0.5, 0.6) is 17.2 Å². The quantitative estimate of drug-likeness (QED) is 0.539. The summed E-state index contributed by atoms with van der Waals surface area (Å²) in [4.78, 5) is 10.8. The first-order valence-electron chi connectivity index (χ1n) is 7.40. The van der Waals surface area contributed by atoms with Crippen molar-refractivity contribution in [2.24, 2.45) is 0 Å². The average molecular weight is 379 g/mol. The van der Waals surface area contributed by atoms with Gasteiger partial charge in [0, 0.05) is 18.3 Å². The van der Waals surface area contributed by atoms with Gasteiger partial charge in [-0.25, -0.2) is 9.19 Å². The summed E-state index contributed by atoms with van der Waals surface area (Å²) >= 11 is 0. The fraction of sp³-hybridized carbons (Fsp3) is 0.250. The van der Waals surface area contributed by atoms with Crippen LogP contribution in [-0.2, 0) is 15.9 Å². The van der Waals surface area contributed by atoms with Crippen LogP contribution in [0.25, 0.3) is 11.0 Å². The number of nitrogens with one attached hydrogen (secondary N) is 1. The summed E-state index contributed by atoms with van der Waals surface area (Å²) in [6, 6.07) is 6.48. The topological polar surface area (TPSA) is 127 Å². The zero-order valence-corrected chi connectivity index (χ0v) is 15.0. The highest BCUT2D eigenvalue weighted by Crippen LogP contribution is 2.37. The van der Waals surface area contributed by atoms with E-state index in [1.54, 1.807) is 18.2 Å². The van der Waals surface area contributed by atoms with Crippen LogP contribution in [-0.4, -0.2) is 50.7 Å². The van der Waals surface area contributed by atoms with Gasteiger partial charge in [0.25, 0.3) is 5.12 Å². The number of methoxy groups -OCH3 is 3. The molecule has 138 valence electrons. The molecule has 0 saturated carbocycles. The van der Waals surface area contributed by atoms with E-state index in [1.165, 1.54) is 33.6 Å². The van der Waals surface area contributed by atoms with Crippen molar-refractivity contribution in [2.75, 3.05) is 21.3 Å². The third-order valence-electron chi connectivity index (χ3n) is 3.70. The average Bonchev–Trinajstić information content (AvgIpc) is 3.09. The van der Waals surface area contributed by atoms with Gasteiger partial charge in [0.1, 0.15) is 5.75 Å². The monoisotopic (exact) mass is 379 g/mol. The van der Waals surface area contributed by atoms with Crippen molar-refractivity contribution in [3.8, 4) is 17.2 Å². The maximum absolute atomic E-state index is 12.8. The first-order chi connectivity index (χ1) is 12.4. The highest BCUT2D eigenvalue weighted by Gasteiger charge is 2.42. The Hall–Kier alpha value is -2.69.